The first-order valence-electron chi connectivity index (χ1n) is 7.36. The number of halogens is 1. The van der Waals surface area contributed by atoms with E-state index in [0.717, 1.165) is 29.5 Å². The minimum atomic E-state index is -0.143. The van der Waals surface area contributed by atoms with Gasteiger partial charge in [0.1, 0.15) is 0 Å². The Morgan fingerprint density at radius 3 is 2.86 bits per heavy atom. The van der Waals surface area contributed by atoms with E-state index in [2.05, 4.69) is 59.1 Å². The lowest BCUT2D eigenvalue weighted by Gasteiger charge is -2.07. The first-order chi connectivity index (χ1) is 10.0. The standard InChI is InChI=1S/C16H21BrN2OS/c1-4-5-6-12(17)15(20)19-16-18-13-8-7-11(10(2)3)9-14(13)21-16/h7-10,12H,4-6H2,1-3H3,(H,18,19,20). The van der Waals surface area contributed by atoms with Gasteiger partial charge in [0.15, 0.2) is 5.13 Å². The molecule has 2 aromatic rings. The molecule has 0 aliphatic rings. The van der Waals surface area contributed by atoms with E-state index < -0.39 is 0 Å². The molecule has 1 amide bonds. The van der Waals surface area contributed by atoms with Gasteiger partial charge in [-0.05, 0) is 30.0 Å². The lowest BCUT2D eigenvalue weighted by Crippen LogP contribution is -2.22. The molecule has 0 aliphatic heterocycles. The van der Waals surface area contributed by atoms with Crippen LogP contribution in [-0.4, -0.2) is 15.7 Å². The summed E-state index contributed by atoms with van der Waals surface area (Å²) in [5.74, 6) is 0.488. The largest absolute Gasteiger partial charge is 0.301 e. The molecule has 0 saturated heterocycles. The van der Waals surface area contributed by atoms with Gasteiger partial charge in [-0.25, -0.2) is 4.98 Å². The van der Waals surface area contributed by atoms with Crippen LogP contribution in [0.3, 0.4) is 0 Å². The van der Waals surface area contributed by atoms with Gasteiger partial charge in [-0.1, -0.05) is 66.9 Å². The number of anilines is 1. The van der Waals surface area contributed by atoms with Crippen molar-refractivity contribution in [2.75, 3.05) is 5.32 Å². The van der Waals surface area contributed by atoms with Crippen molar-refractivity contribution in [3.63, 3.8) is 0 Å². The Morgan fingerprint density at radius 1 is 1.43 bits per heavy atom. The average Bonchev–Trinajstić information content (AvgIpc) is 2.85. The number of carbonyl (C=O) groups is 1. The maximum atomic E-state index is 12.1. The summed E-state index contributed by atoms with van der Waals surface area (Å²) in [5, 5.41) is 3.59. The predicted octanol–water partition coefficient (Wildman–Crippen LogP) is 5.31. The number of hydrogen-bond acceptors (Lipinski definition) is 3. The summed E-state index contributed by atoms with van der Waals surface area (Å²) in [5.41, 5.74) is 2.24. The second-order valence-electron chi connectivity index (χ2n) is 5.50. The number of nitrogens with one attached hydrogen (secondary N) is 1. The highest BCUT2D eigenvalue weighted by Gasteiger charge is 2.16. The quantitative estimate of drug-likeness (QED) is 0.701. The zero-order valence-corrected chi connectivity index (χ0v) is 15.1. The summed E-state index contributed by atoms with van der Waals surface area (Å²) in [4.78, 5) is 16.4. The summed E-state index contributed by atoms with van der Waals surface area (Å²) < 4.78 is 1.12. The average molecular weight is 369 g/mol. The number of alkyl halides is 1. The molecule has 1 unspecified atom stereocenters. The van der Waals surface area contributed by atoms with Crippen molar-refractivity contribution in [2.24, 2.45) is 0 Å². The lowest BCUT2D eigenvalue weighted by molar-refractivity contribution is -0.115. The van der Waals surface area contributed by atoms with Crippen LogP contribution in [0.2, 0.25) is 0 Å². The number of hydrogen-bond donors (Lipinski definition) is 1. The first kappa shape index (κ1) is 16.4. The molecule has 21 heavy (non-hydrogen) atoms. The zero-order chi connectivity index (χ0) is 15.4. The Kier molecular flexibility index (Phi) is 5.76. The number of aromatic nitrogens is 1. The van der Waals surface area contributed by atoms with Crippen molar-refractivity contribution < 1.29 is 4.79 Å². The minimum Gasteiger partial charge on any atom is -0.301 e. The molecule has 0 aliphatic carbocycles. The Labute approximate surface area is 138 Å². The molecule has 1 N–H and O–H groups in total. The lowest BCUT2D eigenvalue weighted by atomic mass is 10.0. The molecule has 0 bridgehead atoms. The predicted molar refractivity (Wildman–Crippen MR) is 94.6 cm³/mol. The van der Waals surface area contributed by atoms with Gasteiger partial charge in [-0.3, -0.25) is 4.79 Å². The molecule has 114 valence electrons. The number of rotatable bonds is 6. The molecule has 1 aromatic heterocycles. The van der Waals surface area contributed by atoms with Crippen molar-refractivity contribution in [1.29, 1.82) is 0 Å². The zero-order valence-electron chi connectivity index (χ0n) is 12.6. The highest BCUT2D eigenvalue weighted by Crippen LogP contribution is 2.29. The number of fused-ring (bicyclic) bond motifs is 1. The topological polar surface area (TPSA) is 42.0 Å². The summed E-state index contributed by atoms with van der Waals surface area (Å²) in [7, 11) is 0. The van der Waals surface area contributed by atoms with E-state index in [9.17, 15) is 4.79 Å². The Bertz CT molecular complexity index is 624. The van der Waals surface area contributed by atoms with E-state index in [-0.39, 0.29) is 10.7 Å². The smallest absolute Gasteiger partial charge is 0.239 e. The summed E-state index contributed by atoms with van der Waals surface area (Å²) in [6.07, 6.45) is 2.99. The molecular weight excluding hydrogens is 348 g/mol. The molecule has 0 spiro atoms. The molecule has 1 heterocycles. The van der Waals surface area contributed by atoms with Crippen LogP contribution < -0.4 is 5.32 Å². The number of unbranched alkanes of at least 4 members (excludes halogenated alkanes) is 1. The third-order valence-electron chi connectivity index (χ3n) is 3.40. The maximum absolute atomic E-state index is 12.1. The highest BCUT2D eigenvalue weighted by atomic mass is 79.9. The molecule has 1 atom stereocenters. The van der Waals surface area contributed by atoms with Crippen LogP contribution in [0.4, 0.5) is 5.13 Å². The Morgan fingerprint density at radius 2 is 2.19 bits per heavy atom. The molecule has 1 aromatic carbocycles. The molecule has 3 nitrogen and oxygen atoms in total. The Balaban J connectivity index is 2.10. The van der Waals surface area contributed by atoms with Crippen LogP contribution in [0.5, 0.6) is 0 Å². The van der Waals surface area contributed by atoms with Gasteiger partial charge < -0.3 is 5.32 Å². The summed E-state index contributed by atoms with van der Waals surface area (Å²) in [6, 6.07) is 6.29. The van der Waals surface area contributed by atoms with E-state index in [1.807, 2.05) is 6.07 Å². The van der Waals surface area contributed by atoms with Crippen molar-refractivity contribution in [3.05, 3.63) is 23.8 Å². The van der Waals surface area contributed by atoms with Gasteiger partial charge in [0.25, 0.3) is 0 Å². The van der Waals surface area contributed by atoms with E-state index >= 15 is 0 Å². The fourth-order valence-corrected chi connectivity index (χ4v) is 3.41. The number of benzene rings is 1. The third-order valence-corrected chi connectivity index (χ3v) is 5.21. The van der Waals surface area contributed by atoms with E-state index in [0.29, 0.717) is 11.0 Å². The maximum Gasteiger partial charge on any atom is 0.239 e. The van der Waals surface area contributed by atoms with E-state index in [1.54, 1.807) is 0 Å². The van der Waals surface area contributed by atoms with Crippen LogP contribution in [0.25, 0.3) is 10.2 Å². The van der Waals surface area contributed by atoms with Crippen LogP contribution in [0.15, 0.2) is 18.2 Å². The van der Waals surface area contributed by atoms with Crippen molar-refractivity contribution in [2.45, 2.75) is 50.8 Å². The Hall–Kier alpha value is -0.940. The number of nitrogens with zero attached hydrogens (tertiary/aromatic N) is 1. The second kappa shape index (κ2) is 7.36. The van der Waals surface area contributed by atoms with Crippen LogP contribution in [-0.2, 0) is 4.79 Å². The van der Waals surface area contributed by atoms with Crippen molar-refractivity contribution in [3.8, 4) is 0 Å². The van der Waals surface area contributed by atoms with Gasteiger partial charge in [-0.15, -0.1) is 0 Å². The summed E-state index contributed by atoms with van der Waals surface area (Å²) in [6.45, 7) is 6.47. The minimum absolute atomic E-state index is 0.00779. The monoisotopic (exact) mass is 368 g/mol. The second-order valence-corrected chi connectivity index (χ2v) is 7.64. The molecule has 0 radical (unpaired) electrons. The van der Waals surface area contributed by atoms with Crippen LogP contribution in [0.1, 0.15) is 51.5 Å². The fourth-order valence-electron chi connectivity index (χ4n) is 2.05. The molecular formula is C16H21BrN2OS. The van der Waals surface area contributed by atoms with Gasteiger partial charge in [0.05, 0.1) is 15.0 Å². The molecule has 2 rings (SSSR count). The molecule has 5 heteroatoms. The first-order valence-corrected chi connectivity index (χ1v) is 9.10. The SMILES string of the molecule is CCCCC(Br)C(=O)Nc1nc2ccc(C(C)C)cc2s1. The van der Waals surface area contributed by atoms with Crippen molar-refractivity contribution >= 4 is 48.5 Å². The van der Waals surface area contributed by atoms with Gasteiger partial charge in [0.2, 0.25) is 5.91 Å². The number of carbonyl (C=O) groups excluding carboxylic acids is 1. The molecule has 0 saturated carbocycles. The summed E-state index contributed by atoms with van der Waals surface area (Å²) >= 11 is 4.98. The number of amides is 1. The van der Waals surface area contributed by atoms with E-state index in [1.165, 1.54) is 16.9 Å². The van der Waals surface area contributed by atoms with Crippen LogP contribution >= 0.6 is 27.3 Å². The third kappa shape index (κ3) is 4.27. The fraction of sp³-hybridized carbons (Fsp3) is 0.500. The van der Waals surface area contributed by atoms with Crippen molar-refractivity contribution in [1.82, 2.24) is 4.98 Å². The molecule has 0 fully saturated rings. The van der Waals surface area contributed by atoms with E-state index in [4.69, 9.17) is 0 Å². The number of thiazole rings is 1. The normalized spacial score (nSPS) is 12.8. The van der Waals surface area contributed by atoms with Gasteiger partial charge in [-0.2, -0.15) is 0 Å². The van der Waals surface area contributed by atoms with Gasteiger partial charge in [0, 0.05) is 0 Å². The van der Waals surface area contributed by atoms with Gasteiger partial charge >= 0.3 is 0 Å². The highest BCUT2D eigenvalue weighted by molar-refractivity contribution is 9.10. The van der Waals surface area contributed by atoms with Crippen LogP contribution in [0, 0.1) is 0 Å².